The molecule has 0 aliphatic carbocycles. The minimum Gasteiger partial charge on any atom is -0.461 e. The maximum Gasteiger partial charge on any atom is 0.341 e. The van der Waals surface area contributed by atoms with E-state index in [1.807, 2.05) is 66.8 Å². The van der Waals surface area contributed by atoms with Gasteiger partial charge in [0.25, 0.3) is 0 Å². The molecule has 0 unspecified atom stereocenters. The number of nitrogens with zero attached hydrogens (tertiary/aromatic N) is 3. The van der Waals surface area contributed by atoms with Crippen molar-refractivity contribution in [2.45, 2.75) is 0 Å². The van der Waals surface area contributed by atoms with Crippen molar-refractivity contribution in [2.75, 3.05) is 54.5 Å². The van der Waals surface area contributed by atoms with E-state index >= 15 is 0 Å². The summed E-state index contributed by atoms with van der Waals surface area (Å²) in [5, 5.41) is 0.746. The summed E-state index contributed by atoms with van der Waals surface area (Å²) < 4.78 is 12.7. The van der Waals surface area contributed by atoms with Crippen molar-refractivity contribution in [1.82, 2.24) is 14.2 Å². The molecule has 1 aromatic carbocycles. The second kappa shape index (κ2) is 9.07. The Labute approximate surface area is 170 Å². The fraction of sp³-hybridized carbons (Fsp3) is 0.364. The number of hydrogen-bond acceptors (Lipinski definition) is 6. The van der Waals surface area contributed by atoms with Crippen molar-refractivity contribution < 1.29 is 19.1 Å². The van der Waals surface area contributed by atoms with Gasteiger partial charge in [-0.1, -0.05) is 12.1 Å². The second-order valence-electron chi connectivity index (χ2n) is 7.44. The van der Waals surface area contributed by atoms with Gasteiger partial charge in [0.2, 0.25) is 0 Å². The summed E-state index contributed by atoms with van der Waals surface area (Å²) in [6.45, 7) is 1.94. The number of carbonyl (C=O) groups is 2. The number of aromatic nitrogens is 1. The van der Waals surface area contributed by atoms with E-state index in [-0.39, 0.29) is 11.9 Å². The fourth-order valence-corrected chi connectivity index (χ4v) is 3.08. The summed E-state index contributed by atoms with van der Waals surface area (Å²) in [6.07, 6.45) is 1.87. The van der Waals surface area contributed by atoms with E-state index in [4.69, 9.17) is 9.47 Å². The molecule has 0 N–H and O–H groups in total. The van der Waals surface area contributed by atoms with Gasteiger partial charge >= 0.3 is 11.9 Å². The summed E-state index contributed by atoms with van der Waals surface area (Å²) in [6, 6.07) is 10.9. The van der Waals surface area contributed by atoms with Gasteiger partial charge in [0.15, 0.2) is 0 Å². The molecule has 0 aliphatic heterocycles. The molecular formula is C22H27N3O4. The monoisotopic (exact) mass is 397 g/mol. The Morgan fingerprint density at radius 3 is 2.17 bits per heavy atom. The Kier molecular flexibility index (Phi) is 6.51. The van der Waals surface area contributed by atoms with Crippen LogP contribution in [-0.2, 0) is 9.47 Å². The van der Waals surface area contributed by atoms with Crippen LogP contribution < -0.4 is 0 Å². The summed E-state index contributed by atoms with van der Waals surface area (Å²) in [7, 11) is 7.70. The molecule has 3 rings (SSSR count). The molecule has 0 saturated heterocycles. The van der Waals surface area contributed by atoms with Gasteiger partial charge in [-0.05, 0) is 52.5 Å². The minimum absolute atomic E-state index is 0.313. The van der Waals surface area contributed by atoms with Gasteiger partial charge in [0.1, 0.15) is 13.2 Å². The Balaban J connectivity index is 1.94. The SMILES string of the molecule is CN(C)CCOC(=O)c1ccc2c(C(=O)OCCN(C)C)c3ccccn3c2c1. The van der Waals surface area contributed by atoms with Crippen LogP contribution in [0.5, 0.6) is 0 Å². The van der Waals surface area contributed by atoms with Gasteiger partial charge in [-0.3, -0.25) is 0 Å². The highest BCUT2D eigenvalue weighted by Gasteiger charge is 2.21. The van der Waals surface area contributed by atoms with Crippen LogP contribution in [0.15, 0.2) is 42.6 Å². The molecule has 0 amide bonds. The number of esters is 2. The van der Waals surface area contributed by atoms with Crippen molar-refractivity contribution in [3.05, 3.63) is 53.7 Å². The maximum absolute atomic E-state index is 12.8. The molecule has 0 saturated carbocycles. The van der Waals surface area contributed by atoms with Gasteiger partial charge in [0.05, 0.1) is 22.2 Å². The number of rotatable bonds is 8. The predicted molar refractivity (Wildman–Crippen MR) is 113 cm³/mol. The Hall–Kier alpha value is -2.90. The van der Waals surface area contributed by atoms with Crippen LogP contribution in [0.3, 0.4) is 0 Å². The van der Waals surface area contributed by atoms with Gasteiger partial charge in [-0.25, -0.2) is 9.59 Å². The predicted octanol–water partition coefficient (Wildman–Crippen LogP) is 2.53. The third kappa shape index (κ3) is 4.75. The maximum atomic E-state index is 12.8. The van der Waals surface area contributed by atoms with Crippen molar-refractivity contribution in [3.63, 3.8) is 0 Å². The van der Waals surface area contributed by atoms with E-state index < -0.39 is 0 Å². The van der Waals surface area contributed by atoms with Crippen LogP contribution in [0.1, 0.15) is 20.7 Å². The number of ether oxygens (including phenoxy) is 2. The zero-order chi connectivity index (χ0) is 21.0. The molecule has 2 heterocycles. The molecule has 0 aliphatic rings. The Morgan fingerprint density at radius 1 is 0.862 bits per heavy atom. The number of pyridine rings is 1. The lowest BCUT2D eigenvalue weighted by Crippen LogP contribution is -2.20. The largest absolute Gasteiger partial charge is 0.461 e. The van der Waals surface area contributed by atoms with E-state index in [1.54, 1.807) is 18.2 Å². The number of hydrogen-bond donors (Lipinski definition) is 0. The van der Waals surface area contributed by atoms with Crippen molar-refractivity contribution in [1.29, 1.82) is 0 Å². The zero-order valence-electron chi connectivity index (χ0n) is 17.3. The van der Waals surface area contributed by atoms with Gasteiger partial charge in [-0.2, -0.15) is 0 Å². The first kappa shape index (κ1) is 20.8. The van der Waals surface area contributed by atoms with Crippen LogP contribution in [0.2, 0.25) is 0 Å². The molecule has 0 bridgehead atoms. The second-order valence-corrected chi connectivity index (χ2v) is 7.44. The average molecular weight is 397 g/mol. The molecule has 7 heteroatoms. The zero-order valence-corrected chi connectivity index (χ0v) is 17.3. The molecule has 0 spiro atoms. The van der Waals surface area contributed by atoms with E-state index in [1.165, 1.54) is 0 Å². The van der Waals surface area contributed by atoms with E-state index in [9.17, 15) is 9.59 Å². The molecule has 0 fully saturated rings. The van der Waals surface area contributed by atoms with Crippen LogP contribution in [0.25, 0.3) is 16.4 Å². The number of carbonyl (C=O) groups excluding carboxylic acids is 2. The highest BCUT2D eigenvalue weighted by atomic mass is 16.5. The third-order valence-electron chi connectivity index (χ3n) is 4.63. The quantitative estimate of drug-likeness (QED) is 0.545. The lowest BCUT2D eigenvalue weighted by molar-refractivity contribution is 0.0475. The van der Waals surface area contributed by atoms with Gasteiger partial charge in [-0.15, -0.1) is 0 Å². The molecule has 3 aromatic rings. The summed E-state index contributed by atoms with van der Waals surface area (Å²) in [4.78, 5) is 29.1. The Bertz CT molecular complexity index is 1020. The first-order chi connectivity index (χ1) is 13.9. The van der Waals surface area contributed by atoms with Crippen LogP contribution in [0, 0.1) is 0 Å². The molecule has 7 nitrogen and oxygen atoms in total. The molecule has 0 radical (unpaired) electrons. The average Bonchev–Trinajstić information content (AvgIpc) is 3.01. The van der Waals surface area contributed by atoms with E-state index in [0.29, 0.717) is 37.4 Å². The number of fused-ring (bicyclic) bond motifs is 3. The molecule has 2 aromatic heterocycles. The summed E-state index contributed by atoms with van der Waals surface area (Å²) >= 11 is 0. The highest BCUT2D eigenvalue weighted by molar-refractivity contribution is 6.12. The first-order valence-electron chi connectivity index (χ1n) is 9.55. The Morgan fingerprint density at radius 2 is 1.52 bits per heavy atom. The molecule has 154 valence electrons. The number of likely N-dealkylation sites (N-methyl/N-ethyl adjacent to an activating group) is 2. The summed E-state index contributed by atoms with van der Waals surface area (Å²) in [5.74, 6) is -0.749. The molecular weight excluding hydrogens is 370 g/mol. The van der Waals surface area contributed by atoms with Crippen molar-refractivity contribution in [2.24, 2.45) is 0 Å². The van der Waals surface area contributed by atoms with E-state index in [2.05, 4.69) is 0 Å². The fourth-order valence-electron chi connectivity index (χ4n) is 3.08. The van der Waals surface area contributed by atoms with Crippen molar-refractivity contribution in [3.8, 4) is 0 Å². The first-order valence-corrected chi connectivity index (χ1v) is 9.55. The van der Waals surface area contributed by atoms with Crippen LogP contribution in [-0.4, -0.2) is 80.6 Å². The minimum atomic E-state index is -0.380. The number of benzene rings is 1. The van der Waals surface area contributed by atoms with Crippen molar-refractivity contribution >= 4 is 28.4 Å². The van der Waals surface area contributed by atoms with E-state index in [0.717, 1.165) is 16.4 Å². The van der Waals surface area contributed by atoms with Crippen LogP contribution in [0.4, 0.5) is 0 Å². The standard InChI is InChI=1S/C22H27N3O4/c1-23(2)11-13-28-21(26)16-8-9-17-19(15-16)25-10-6-5-7-18(25)20(17)22(27)29-14-12-24(3)4/h5-10,15H,11-14H2,1-4H3. The lowest BCUT2D eigenvalue weighted by atomic mass is 10.1. The summed E-state index contributed by atoms with van der Waals surface area (Å²) in [5.41, 5.74) is 2.47. The molecule has 0 atom stereocenters. The van der Waals surface area contributed by atoms with Gasteiger partial charge < -0.3 is 23.7 Å². The third-order valence-corrected chi connectivity index (χ3v) is 4.63. The van der Waals surface area contributed by atoms with Gasteiger partial charge in [0, 0.05) is 24.7 Å². The molecule has 29 heavy (non-hydrogen) atoms. The topological polar surface area (TPSA) is 63.5 Å². The smallest absolute Gasteiger partial charge is 0.341 e. The highest BCUT2D eigenvalue weighted by Crippen LogP contribution is 2.28. The van der Waals surface area contributed by atoms with Crippen LogP contribution >= 0.6 is 0 Å². The lowest BCUT2D eigenvalue weighted by Gasteiger charge is -2.10. The normalized spacial score (nSPS) is 11.5.